The molecule has 31 heavy (non-hydrogen) atoms. The van der Waals surface area contributed by atoms with Gasteiger partial charge in [0.25, 0.3) is 0 Å². The van der Waals surface area contributed by atoms with Crippen LogP contribution >= 0.6 is 11.8 Å². The van der Waals surface area contributed by atoms with Crippen molar-refractivity contribution in [3.63, 3.8) is 0 Å². The van der Waals surface area contributed by atoms with E-state index in [0.717, 1.165) is 34.0 Å². The molecule has 0 radical (unpaired) electrons. The second-order valence-electron chi connectivity index (χ2n) is 6.55. The molecule has 2 aromatic carbocycles. The van der Waals surface area contributed by atoms with Crippen molar-refractivity contribution < 1.29 is 18.9 Å². The first kappa shape index (κ1) is 22.6. The Kier molecular flexibility index (Phi) is 8.23. The van der Waals surface area contributed by atoms with E-state index in [9.17, 15) is 0 Å². The molecular formula is C23H27N3O4S. The lowest BCUT2D eigenvalue weighted by Gasteiger charge is -2.16. The Hall–Kier alpha value is -3.13. The summed E-state index contributed by atoms with van der Waals surface area (Å²) < 4.78 is 24.3. The Labute approximate surface area is 187 Å². The van der Waals surface area contributed by atoms with Gasteiger partial charge < -0.3 is 18.9 Å². The lowest BCUT2D eigenvalue weighted by molar-refractivity contribution is 0.209. The Balaban J connectivity index is 1.60. The first-order valence-corrected chi connectivity index (χ1v) is 10.9. The number of aromatic nitrogens is 3. The van der Waals surface area contributed by atoms with Crippen molar-refractivity contribution in [1.29, 1.82) is 0 Å². The molecule has 0 saturated carbocycles. The van der Waals surface area contributed by atoms with Gasteiger partial charge in [-0.1, -0.05) is 23.9 Å². The maximum absolute atomic E-state index is 6.06. The molecule has 0 aliphatic heterocycles. The molecule has 1 unspecified atom stereocenters. The van der Waals surface area contributed by atoms with Crippen molar-refractivity contribution in [2.24, 2.45) is 0 Å². The maximum Gasteiger partial charge on any atom is 0.191 e. The minimum Gasteiger partial charge on any atom is -0.497 e. The van der Waals surface area contributed by atoms with Crippen LogP contribution in [0.1, 0.15) is 18.9 Å². The summed E-state index contributed by atoms with van der Waals surface area (Å²) in [5.74, 6) is 4.52. The van der Waals surface area contributed by atoms with Gasteiger partial charge in [0.2, 0.25) is 0 Å². The van der Waals surface area contributed by atoms with Gasteiger partial charge in [-0.2, -0.15) is 0 Å². The van der Waals surface area contributed by atoms with Gasteiger partial charge in [-0.3, -0.25) is 4.57 Å². The molecule has 3 rings (SSSR count). The molecule has 0 saturated heterocycles. The van der Waals surface area contributed by atoms with Crippen LogP contribution in [-0.4, -0.2) is 41.3 Å². The van der Waals surface area contributed by atoms with Gasteiger partial charge >= 0.3 is 0 Å². The molecule has 0 spiro atoms. The fourth-order valence-electron chi connectivity index (χ4n) is 2.90. The molecule has 1 heterocycles. The highest BCUT2D eigenvalue weighted by Gasteiger charge is 2.19. The van der Waals surface area contributed by atoms with Crippen molar-refractivity contribution in [1.82, 2.24) is 14.8 Å². The molecule has 164 valence electrons. The zero-order chi connectivity index (χ0) is 22.1. The van der Waals surface area contributed by atoms with Crippen molar-refractivity contribution in [3.8, 4) is 23.0 Å². The van der Waals surface area contributed by atoms with Crippen molar-refractivity contribution >= 4 is 11.8 Å². The van der Waals surface area contributed by atoms with Gasteiger partial charge in [-0.05, 0) is 43.3 Å². The fourth-order valence-corrected chi connectivity index (χ4v) is 3.68. The number of thioether (sulfide) groups is 1. The van der Waals surface area contributed by atoms with Gasteiger partial charge in [0, 0.05) is 18.4 Å². The van der Waals surface area contributed by atoms with Crippen molar-refractivity contribution in [3.05, 3.63) is 67.0 Å². The molecule has 0 amide bonds. The van der Waals surface area contributed by atoms with E-state index in [-0.39, 0.29) is 6.10 Å². The summed E-state index contributed by atoms with van der Waals surface area (Å²) in [6.07, 6.45) is 1.53. The van der Waals surface area contributed by atoms with Crippen molar-refractivity contribution in [2.75, 3.05) is 26.6 Å². The third-order valence-electron chi connectivity index (χ3n) is 4.42. The number of benzene rings is 2. The summed E-state index contributed by atoms with van der Waals surface area (Å²) in [7, 11) is 3.27. The van der Waals surface area contributed by atoms with Crippen LogP contribution in [-0.2, 0) is 6.54 Å². The number of allylic oxidation sites excluding steroid dienone is 1. The van der Waals surface area contributed by atoms with Crippen molar-refractivity contribution in [2.45, 2.75) is 24.7 Å². The highest BCUT2D eigenvalue weighted by Crippen LogP contribution is 2.27. The number of hydrogen-bond donors (Lipinski definition) is 0. The van der Waals surface area contributed by atoms with Crippen LogP contribution in [0.3, 0.4) is 0 Å². The van der Waals surface area contributed by atoms with E-state index < -0.39 is 0 Å². The van der Waals surface area contributed by atoms with E-state index >= 15 is 0 Å². The number of ether oxygens (including phenoxy) is 4. The summed E-state index contributed by atoms with van der Waals surface area (Å²) in [4.78, 5) is 0. The zero-order valence-corrected chi connectivity index (χ0v) is 18.8. The lowest BCUT2D eigenvalue weighted by atomic mass is 10.3. The number of nitrogens with zero attached hydrogens (tertiary/aromatic N) is 3. The van der Waals surface area contributed by atoms with Crippen LogP contribution in [0.5, 0.6) is 23.0 Å². The fraction of sp³-hybridized carbons (Fsp3) is 0.304. The molecule has 1 atom stereocenters. The summed E-state index contributed by atoms with van der Waals surface area (Å²) in [6.45, 7) is 6.94. The minimum absolute atomic E-state index is 0.288. The Morgan fingerprint density at radius 2 is 1.71 bits per heavy atom. The average Bonchev–Trinajstić information content (AvgIpc) is 3.20. The Morgan fingerprint density at radius 1 is 1.00 bits per heavy atom. The van der Waals surface area contributed by atoms with E-state index in [1.54, 1.807) is 26.0 Å². The summed E-state index contributed by atoms with van der Waals surface area (Å²) in [5, 5.41) is 9.51. The quantitative estimate of drug-likeness (QED) is 0.227. The molecule has 0 bridgehead atoms. The second kappa shape index (κ2) is 11.3. The number of rotatable bonds is 12. The molecular weight excluding hydrogens is 414 g/mol. The summed E-state index contributed by atoms with van der Waals surface area (Å²) >= 11 is 1.58. The molecule has 0 fully saturated rings. The Bertz CT molecular complexity index is 975. The third-order valence-corrected chi connectivity index (χ3v) is 5.35. The first-order chi connectivity index (χ1) is 15.1. The van der Waals surface area contributed by atoms with Crippen LogP contribution in [0.4, 0.5) is 0 Å². The third kappa shape index (κ3) is 6.18. The standard InChI is InChI=1S/C23H27N3O4S/c1-5-13-26-22(17(2)30-21-8-6-7-20(16-21)28-4)24-25-23(26)31-15-14-29-19-11-9-18(27-3)10-12-19/h5-12,16-17H,1,13-15H2,2-4H3. The monoisotopic (exact) mass is 441 g/mol. The van der Waals surface area contributed by atoms with Crippen LogP contribution in [0.15, 0.2) is 66.3 Å². The van der Waals surface area contributed by atoms with Crippen LogP contribution in [0.2, 0.25) is 0 Å². The number of hydrogen-bond acceptors (Lipinski definition) is 7. The number of methoxy groups -OCH3 is 2. The van der Waals surface area contributed by atoms with Gasteiger partial charge in [-0.25, -0.2) is 0 Å². The first-order valence-electron chi connectivity index (χ1n) is 9.89. The summed E-state index contributed by atoms with van der Waals surface area (Å²) in [6, 6.07) is 15.0. The lowest BCUT2D eigenvalue weighted by Crippen LogP contribution is -2.12. The molecule has 8 heteroatoms. The SMILES string of the molecule is C=CCn1c(SCCOc2ccc(OC)cc2)nnc1C(C)Oc1cccc(OC)c1. The predicted molar refractivity (Wildman–Crippen MR) is 121 cm³/mol. The predicted octanol–water partition coefficient (Wildman–Crippen LogP) is 4.79. The molecule has 1 aromatic heterocycles. The second-order valence-corrected chi connectivity index (χ2v) is 7.61. The zero-order valence-electron chi connectivity index (χ0n) is 18.0. The van der Waals surface area contributed by atoms with Gasteiger partial charge in [0.1, 0.15) is 23.0 Å². The molecule has 3 aromatic rings. The van der Waals surface area contributed by atoms with E-state index in [2.05, 4.69) is 16.8 Å². The van der Waals surface area contributed by atoms with E-state index in [1.807, 2.05) is 66.1 Å². The van der Waals surface area contributed by atoms with Crippen LogP contribution < -0.4 is 18.9 Å². The smallest absolute Gasteiger partial charge is 0.191 e. The average molecular weight is 442 g/mol. The molecule has 0 N–H and O–H groups in total. The van der Waals surface area contributed by atoms with Crippen LogP contribution in [0, 0.1) is 0 Å². The van der Waals surface area contributed by atoms with Gasteiger partial charge in [0.05, 0.1) is 20.8 Å². The van der Waals surface area contributed by atoms with E-state index in [4.69, 9.17) is 18.9 Å². The highest BCUT2D eigenvalue weighted by atomic mass is 32.2. The molecule has 0 aliphatic rings. The normalized spacial score (nSPS) is 11.6. The highest BCUT2D eigenvalue weighted by molar-refractivity contribution is 7.99. The van der Waals surface area contributed by atoms with Gasteiger partial charge in [-0.15, -0.1) is 16.8 Å². The van der Waals surface area contributed by atoms with E-state index in [1.165, 1.54) is 0 Å². The molecule has 7 nitrogen and oxygen atoms in total. The van der Waals surface area contributed by atoms with Crippen LogP contribution in [0.25, 0.3) is 0 Å². The Morgan fingerprint density at radius 3 is 2.42 bits per heavy atom. The maximum atomic E-state index is 6.06. The summed E-state index contributed by atoms with van der Waals surface area (Å²) in [5.41, 5.74) is 0. The van der Waals surface area contributed by atoms with E-state index in [0.29, 0.717) is 18.9 Å². The minimum atomic E-state index is -0.288. The molecule has 0 aliphatic carbocycles. The largest absolute Gasteiger partial charge is 0.497 e. The topological polar surface area (TPSA) is 67.6 Å². The van der Waals surface area contributed by atoms with Gasteiger partial charge in [0.15, 0.2) is 17.1 Å².